The highest BCUT2D eigenvalue weighted by atomic mass is 32.2. The molecule has 1 saturated carbocycles. The smallest absolute Gasteiger partial charge is 0.262 e. The first-order chi connectivity index (χ1) is 13.1. The van der Waals surface area contributed by atoms with Crippen molar-refractivity contribution in [2.24, 2.45) is 0 Å². The molecule has 0 bridgehead atoms. The lowest BCUT2D eigenvalue weighted by Gasteiger charge is -2.24. The number of carbonyl (C=O) groups is 2. The summed E-state index contributed by atoms with van der Waals surface area (Å²) in [7, 11) is 0. The molecular weight excluding hydrogens is 364 g/mol. The molecule has 142 valence electrons. The van der Waals surface area contributed by atoms with Gasteiger partial charge < -0.3 is 14.6 Å². The quantitative estimate of drug-likeness (QED) is 0.626. The highest BCUT2D eigenvalue weighted by Crippen LogP contribution is 2.33. The first-order valence-corrected chi connectivity index (χ1v) is 10.2. The fraction of sp³-hybridized carbons (Fsp3) is 0.474. The average molecular weight is 386 g/mol. The molecule has 0 saturated heterocycles. The van der Waals surface area contributed by atoms with Gasteiger partial charge in [0.05, 0.1) is 11.4 Å². The SMILES string of the molecule is Cc1nnc(SCC(=O)c2ccc3c(c2)NC(=O)CO3)n1C1CCCCC1. The molecule has 1 aromatic heterocycles. The lowest BCUT2D eigenvalue weighted by Crippen LogP contribution is -2.25. The maximum absolute atomic E-state index is 12.6. The van der Waals surface area contributed by atoms with Crippen molar-refractivity contribution in [3.63, 3.8) is 0 Å². The van der Waals surface area contributed by atoms with Crippen molar-refractivity contribution in [3.05, 3.63) is 29.6 Å². The molecule has 1 aliphatic carbocycles. The van der Waals surface area contributed by atoms with Gasteiger partial charge in [0.15, 0.2) is 17.5 Å². The molecule has 1 N–H and O–H groups in total. The largest absolute Gasteiger partial charge is 0.482 e. The van der Waals surface area contributed by atoms with Crippen molar-refractivity contribution in [2.45, 2.75) is 50.2 Å². The maximum Gasteiger partial charge on any atom is 0.262 e. The van der Waals surface area contributed by atoms with E-state index in [0.29, 0.717) is 23.0 Å². The molecular formula is C19H22N4O3S. The Labute approximate surface area is 161 Å². The van der Waals surface area contributed by atoms with Crippen LogP contribution < -0.4 is 10.1 Å². The number of thioether (sulfide) groups is 1. The molecule has 27 heavy (non-hydrogen) atoms. The summed E-state index contributed by atoms with van der Waals surface area (Å²) >= 11 is 1.42. The van der Waals surface area contributed by atoms with Gasteiger partial charge in [0.1, 0.15) is 11.6 Å². The summed E-state index contributed by atoms with van der Waals surface area (Å²) in [6.07, 6.45) is 6.04. The fourth-order valence-corrected chi connectivity index (χ4v) is 4.62. The minimum absolute atomic E-state index is 0.00627. The molecule has 0 radical (unpaired) electrons. The molecule has 7 nitrogen and oxygen atoms in total. The van der Waals surface area contributed by atoms with E-state index in [4.69, 9.17) is 4.74 Å². The zero-order valence-corrected chi connectivity index (χ0v) is 16.1. The molecule has 1 amide bonds. The van der Waals surface area contributed by atoms with E-state index in [1.807, 2.05) is 6.92 Å². The number of hydrogen-bond donors (Lipinski definition) is 1. The number of aryl methyl sites for hydroxylation is 1. The Morgan fingerprint density at radius 3 is 2.93 bits per heavy atom. The number of nitrogens with zero attached hydrogens (tertiary/aromatic N) is 3. The summed E-state index contributed by atoms with van der Waals surface area (Å²) in [5.41, 5.74) is 1.09. The molecule has 2 aliphatic rings. The highest BCUT2D eigenvalue weighted by molar-refractivity contribution is 7.99. The number of anilines is 1. The standard InChI is InChI=1S/C19H22N4O3S/c1-12-21-22-19(23(12)14-5-3-2-4-6-14)27-11-16(24)13-7-8-17-15(9-13)20-18(25)10-26-17/h7-9,14H,2-6,10-11H2,1H3,(H,20,25). The Bertz CT molecular complexity index is 874. The number of hydrogen-bond acceptors (Lipinski definition) is 6. The van der Waals surface area contributed by atoms with E-state index >= 15 is 0 Å². The molecule has 4 rings (SSSR count). The molecule has 0 spiro atoms. The van der Waals surface area contributed by atoms with Gasteiger partial charge in [-0.25, -0.2) is 0 Å². The topological polar surface area (TPSA) is 86.1 Å². The summed E-state index contributed by atoms with van der Waals surface area (Å²) in [6, 6.07) is 5.56. The van der Waals surface area contributed by atoms with Crippen molar-refractivity contribution >= 4 is 29.1 Å². The zero-order valence-electron chi connectivity index (χ0n) is 15.2. The number of amides is 1. The van der Waals surface area contributed by atoms with Gasteiger partial charge in [0.25, 0.3) is 5.91 Å². The van der Waals surface area contributed by atoms with Crippen LogP contribution in [0.25, 0.3) is 0 Å². The van der Waals surface area contributed by atoms with E-state index < -0.39 is 0 Å². The Morgan fingerprint density at radius 1 is 1.30 bits per heavy atom. The second-order valence-corrected chi connectivity index (χ2v) is 7.89. The van der Waals surface area contributed by atoms with Gasteiger partial charge >= 0.3 is 0 Å². The summed E-state index contributed by atoms with van der Waals surface area (Å²) in [5, 5.41) is 12.1. The third kappa shape index (κ3) is 3.85. The minimum Gasteiger partial charge on any atom is -0.482 e. The number of rotatable bonds is 5. The molecule has 8 heteroatoms. The predicted molar refractivity (Wildman–Crippen MR) is 103 cm³/mol. The van der Waals surface area contributed by atoms with Crippen LogP contribution in [0, 0.1) is 6.92 Å². The van der Waals surface area contributed by atoms with Crippen LogP contribution in [0.3, 0.4) is 0 Å². The molecule has 1 aromatic carbocycles. The Kier molecular flexibility index (Phi) is 5.15. The van der Waals surface area contributed by atoms with Gasteiger partial charge in [-0.15, -0.1) is 10.2 Å². The number of ether oxygens (including phenoxy) is 1. The van der Waals surface area contributed by atoms with Gasteiger partial charge in [-0.2, -0.15) is 0 Å². The van der Waals surface area contributed by atoms with Crippen molar-refractivity contribution < 1.29 is 14.3 Å². The van der Waals surface area contributed by atoms with Crippen LogP contribution in [-0.4, -0.2) is 38.8 Å². The van der Waals surface area contributed by atoms with E-state index in [1.54, 1.807) is 18.2 Å². The van der Waals surface area contributed by atoms with Crippen LogP contribution in [-0.2, 0) is 4.79 Å². The third-order valence-electron chi connectivity index (χ3n) is 5.04. The summed E-state index contributed by atoms with van der Waals surface area (Å²) < 4.78 is 7.53. The van der Waals surface area contributed by atoms with E-state index in [2.05, 4.69) is 20.1 Å². The Hall–Kier alpha value is -2.35. The van der Waals surface area contributed by atoms with E-state index in [0.717, 1.165) is 23.8 Å². The van der Waals surface area contributed by atoms with Gasteiger partial charge in [-0.3, -0.25) is 9.59 Å². The number of nitrogens with one attached hydrogen (secondary N) is 1. The minimum atomic E-state index is -0.211. The third-order valence-corrected chi connectivity index (χ3v) is 5.98. The van der Waals surface area contributed by atoms with Gasteiger partial charge in [0.2, 0.25) is 0 Å². The Balaban J connectivity index is 1.46. The predicted octanol–water partition coefficient (Wildman–Crippen LogP) is 3.40. The fourth-order valence-electron chi connectivity index (χ4n) is 3.68. The Morgan fingerprint density at radius 2 is 2.11 bits per heavy atom. The first-order valence-electron chi connectivity index (χ1n) is 9.26. The molecule has 2 heterocycles. The van der Waals surface area contributed by atoms with E-state index in [9.17, 15) is 9.59 Å². The zero-order chi connectivity index (χ0) is 18.8. The van der Waals surface area contributed by atoms with Crippen LogP contribution in [0.4, 0.5) is 5.69 Å². The van der Waals surface area contributed by atoms with E-state index in [-0.39, 0.29) is 24.1 Å². The van der Waals surface area contributed by atoms with Crippen LogP contribution in [0.2, 0.25) is 0 Å². The first kappa shape index (κ1) is 18.0. The molecule has 1 aliphatic heterocycles. The van der Waals surface area contributed by atoms with Crippen LogP contribution >= 0.6 is 11.8 Å². The monoisotopic (exact) mass is 386 g/mol. The summed E-state index contributed by atoms with van der Waals surface area (Å²) in [5.74, 6) is 1.55. The number of ketones is 1. The van der Waals surface area contributed by atoms with Crippen molar-refractivity contribution in [2.75, 3.05) is 17.7 Å². The van der Waals surface area contributed by atoms with E-state index in [1.165, 1.54) is 31.0 Å². The molecule has 2 aromatic rings. The summed E-state index contributed by atoms with van der Waals surface area (Å²) in [6.45, 7) is 1.98. The number of fused-ring (bicyclic) bond motifs is 1. The normalized spacial score (nSPS) is 17.1. The molecule has 0 atom stereocenters. The highest BCUT2D eigenvalue weighted by Gasteiger charge is 2.22. The van der Waals surface area contributed by atoms with Crippen LogP contribution in [0.15, 0.2) is 23.4 Å². The summed E-state index contributed by atoms with van der Waals surface area (Å²) in [4.78, 5) is 24.1. The average Bonchev–Trinajstić information content (AvgIpc) is 3.06. The lowest BCUT2D eigenvalue weighted by atomic mass is 9.95. The van der Waals surface area contributed by atoms with Crippen molar-refractivity contribution in [1.29, 1.82) is 0 Å². The maximum atomic E-state index is 12.6. The van der Waals surface area contributed by atoms with Gasteiger partial charge in [-0.1, -0.05) is 31.0 Å². The second-order valence-electron chi connectivity index (χ2n) is 6.95. The van der Waals surface area contributed by atoms with Crippen LogP contribution in [0.1, 0.15) is 54.3 Å². The van der Waals surface area contributed by atoms with Gasteiger partial charge in [0, 0.05) is 11.6 Å². The molecule has 0 unspecified atom stereocenters. The molecule has 1 fully saturated rings. The van der Waals surface area contributed by atoms with Gasteiger partial charge in [-0.05, 0) is 38.0 Å². The van der Waals surface area contributed by atoms with Crippen molar-refractivity contribution in [3.8, 4) is 5.75 Å². The van der Waals surface area contributed by atoms with Crippen LogP contribution in [0.5, 0.6) is 5.75 Å². The number of Topliss-reactive ketones (excluding diaryl/α,β-unsaturated/α-hetero) is 1. The number of carbonyl (C=O) groups excluding carboxylic acids is 2. The number of benzene rings is 1. The number of aromatic nitrogens is 3. The second kappa shape index (κ2) is 7.72. The van der Waals surface area contributed by atoms with Crippen molar-refractivity contribution in [1.82, 2.24) is 14.8 Å². The lowest BCUT2D eigenvalue weighted by molar-refractivity contribution is -0.118.